The van der Waals surface area contributed by atoms with Crippen molar-refractivity contribution in [2.45, 2.75) is 4.90 Å². The number of nitro groups is 1. The lowest BCUT2D eigenvalue weighted by Gasteiger charge is -2.11. The predicted molar refractivity (Wildman–Crippen MR) is 109 cm³/mol. The highest BCUT2D eigenvalue weighted by Gasteiger charge is 2.18. The first-order valence-electron chi connectivity index (χ1n) is 8.66. The maximum absolute atomic E-state index is 12.7. The summed E-state index contributed by atoms with van der Waals surface area (Å²) in [7, 11) is -4.14. The first-order valence-corrected chi connectivity index (χ1v) is 10.1. The Kier molecular flexibility index (Phi) is 5.97. The number of hydrogen-bond acceptors (Lipinski definition) is 7. The summed E-state index contributed by atoms with van der Waals surface area (Å²) < 4.78 is 27.5. The number of non-ortho nitro benzene ring substituents is 1. The number of amides is 1. The van der Waals surface area contributed by atoms with Crippen LogP contribution in [0.4, 0.5) is 17.1 Å². The third-order valence-electron chi connectivity index (χ3n) is 4.07. The number of benzene rings is 3. The Morgan fingerprint density at radius 1 is 0.839 bits per heavy atom. The van der Waals surface area contributed by atoms with Crippen LogP contribution in [0.1, 0.15) is 20.7 Å². The molecule has 0 heterocycles. The van der Waals surface area contributed by atoms with Crippen LogP contribution in [0.5, 0.6) is 0 Å². The van der Waals surface area contributed by atoms with Crippen LogP contribution in [0.3, 0.4) is 0 Å². The van der Waals surface area contributed by atoms with Gasteiger partial charge in [-0.15, -0.1) is 0 Å². The smallest absolute Gasteiger partial charge is 0.271 e. The number of sulfonamides is 1. The Morgan fingerprint density at radius 2 is 1.48 bits per heavy atom. The van der Waals surface area contributed by atoms with Gasteiger partial charge in [-0.1, -0.05) is 24.3 Å². The number of carbonyl (C=O) groups is 2. The number of aromatic carboxylic acids is 1. The van der Waals surface area contributed by atoms with Gasteiger partial charge in [0.15, 0.2) is 0 Å². The van der Waals surface area contributed by atoms with Crippen LogP contribution in [-0.4, -0.2) is 25.2 Å². The van der Waals surface area contributed by atoms with E-state index in [0.717, 1.165) is 12.1 Å². The Labute approximate surface area is 176 Å². The van der Waals surface area contributed by atoms with Gasteiger partial charge in [-0.05, 0) is 42.0 Å². The highest BCUT2D eigenvalue weighted by atomic mass is 32.2. The minimum atomic E-state index is -4.14. The van der Waals surface area contributed by atoms with Gasteiger partial charge in [0, 0.05) is 23.4 Å². The first kappa shape index (κ1) is 21.5. The Hall–Kier alpha value is -4.25. The summed E-state index contributed by atoms with van der Waals surface area (Å²) in [6.07, 6.45) is 0. The molecular weight excluding hydrogens is 426 g/mol. The van der Waals surface area contributed by atoms with Crippen LogP contribution in [0.2, 0.25) is 0 Å². The van der Waals surface area contributed by atoms with Crippen molar-refractivity contribution in [2.75, 3.05) is 10.0 Å². The lowest BCUT2D eigenvalue weighted by molar-refractivity contribution is -0.384. The van der Waals surface area contributed by atoms with E-state index in [1.807, 2.05) is 0 Å². The number of hydrogen-bond donors (Lipinski definition) is 2. The van der Waals surface area contributed by atoms with Crippen LogP contribution >= 0.6 is 0 Å². The normalized spacial score (nSPS) is 10.8. The summed E-state index contributed by atoms with van der Waals surface area (Å²) in [5.74, 6) is -2.07. The van der Waals surface area contributed by atoms with Crippen LogP contribution in [-0.2, 0) is 10.0 Å². The van der Waals surface area contributed by atoms with E-state index in [0.29, 0.717) is 0 Å². The summed E-state index contributed by atoms with van der Waals surface area (Å²) in [6, 6.07) is 15.5. The van der Waals surface area contributed by atoms with Gasteiger partial charge in [-0.3, -0.25) is 19.6 Å². The van der Waals surface area contributed by atoms with Gasteiger partial charge in [0.2, 0.25) is 0 Å². The summed E-state index contributed by atoms with van der Waals surface area (Å²) in [5.41, 5.74) is -0.235. The fourth-order valence-electron chi connectivity index (χ4n) is 2.63. The standard InChI is InChI=1S/C20H15N3O7S/c24-19(21-15-6-1-5-14(10-15)20(25)26)13-4-2-9-18(11-13)31(29,30)22-16-7-3-8-17(12-16)23(27)28/h1-12,22H,(H,21,24)(H,25,26)/p-1. The molecule has 0 spiro atoms. The van der Waals surface area contributed by atoms with Gasteiger partial charge in [0.05, 0.1) is 21.5 Å². The predicted octanol–water partition coefficient (Wildman–Crippen LogP) is 2.01. The number of carbonyl (C=O) groups excluding carboxylic acids is 2. The zero-order valence-electron chi connectivity index (χ0n) is 15.6. The van der Waals surface area contributed by atoms with Gasteiger partial charge >= 0.3 is 0 Å². The maximum Gasteiger partial charge on any atom is 0.271 e. The van der Waals surface area contributed by atoms with E-state index < -0.39 is 26.8 Å². The minimum Gasteiger partial charge on any atom is -0.545 e. The van der Waals surface area contributed by atoms with Gasteiger partial charge in [0.1, 0.15) is 0 Å². The molecule has 0 radical (unpaired) electrons. The maximum atomic E-state index is 12.7. The second kappa shape index (κ2) is 8.63. The third-order valence-corrected chi connectivity index (χ3v) is 5.45. The Morgan fingerprint density at radius 3 is 2.19 bits per heavy atom. The number of carboxylic acids is 1. The Balaban J connectivity index is 1.82. The number of nitrogens with one attached hydrogen (secondary N) is 2. The van der Waals surface area contributed by atoms with E-state index in [4.69, 9.17) is 0 Å². The molecular formula is C20H14N3O7S-. The molecule has 3 aromatic carbocycles. The molecule has 0 saturated carbocycles. The second-order valence-corrected chi connectivity index (χ2v) is 7.95. The van der Waals surface area contributed by atoms with Gasteiger partial charge < -0.3 is 15.2 Å². The molecule has 0 bridgehead atoms. The molecule has 0 aliphatic rings. The van der Waals surface area contributed by atoms with E-state index in [2.05, 4.69) is 10.0 Å². The van der Waals surface area contributed by atoms with Crippen molar-refractivity contribution in [1.82, 2.24) is 0 Å². The van der Waals surface area contributed by atoms with Gasteiger partial charge in [-0.25, -0.2) is 8.42 Å². The zero-order valence-corrected chi connectivity index (χ0v) is 16.5. The van der Waals surface area contributed by atoms with Crippen molar-refractivity contribution in [2.24, 2.45) is 0 Å². The summed E-state index contributed by atoms with van der Waals surface area (Å²) >= 11 is 0. The summed E-state index contributed by atoms with van der Waals surface area (Å²) in [6.45, 7) is 0. The van der Waals surface area contributed by atoms with E-state index in [1.165, 1.54) is 60.7 Å². The van der Waals surface area contributed by atoms with Crippen molar-refractivity contribution in [3.05, 3.63) is 94.0 Å². The molecule has 2 N–H and O–H groups in total. The first-order chi connectivity index (χ1) is 14.7. The highest BCUT2D eigenvalue weighted by Crippen LogP contribution is 2.22. The monoisotopic (exact) mass is 440 g/mol. The minimum absolute atomic E-state index is 0.000713. The van der Waals surface area contributed by atoms with E-state index in [1.54, 1.807) is 0 Å². The quantitative estimate of drug-likeness (QED) is 0.420. The molecule has 158 valence electrons. The lowest BCUT2D eigenvalue weighted by Crippen LogP contribution is -2.22. The SMILES string of the molecule is O=C([O-])c1cccc(NC(=O)c2cccc(S(=O)(=O)Nc3cccc([N+](=O)[O-])c3)c2)c1. The average Bonchev–Trinajstić information content (AvgIpc) is 2.74. The van der Waals surface area contributed by atoms with Crippen molar-refractivity contribution >= 4 is 39.0 Å². The fourth-order valence-corrected chi connectivity index (χ4v) is 3.72. The molecule has 0 saturated heterocycles. The molecule has 0 atom stereocenters. The molecule has 3 rings (SSSR count). The average molecular weight is 440 g/mol. The summed E-state index contributed by atoms with van der Waals surface area (Å²) in [5, 5.41) is 24.3. The molecule has 3 aromatic rings. The second-order valence-electron chi connectivity index (χ2n) is 6.26. The van der Waals surface area contributed by atoms with Crippen LogP contribution in [0, 0.1) is 10.1 Å². The number of rotatable bonds is 7. The molecule has 1 amide bonds. The van der Waals surface area contributed by atoms with Crippen LogP contribution in [0.25, 0.3) is 0 Å². The third kappa shape index (κ3) is 5.22. The molecule has 0 aliphatic heterocycles. The molecule has 31 heavy (non-hydrogen) atoms. The van der Waals surface area contributed by atoms with Crippen LogP contribution in [0.15, 0.2) is 77.7 Å². The lowest BCUT2D eigenvalue weighted by atomic mass is 10.2. The highest BCUT2D eigenvalue weighted by molar-refractivity contribution is 7.92. The number of carboxylic acid groups (broad SMARTS) is 1. The van der Waals surface area contributed by atoms with Crippen LogP contribution < -0.4 is 15.1 Å². The zero-order chi connectivity index (χ0) is 22.6. The molecule has 0 unspecified atom stereocenters. The molecule has 10 nitrogen and oxygen atoms in total. The Bertz CT molecular complexity index is 1290. The van der Waals surface area contributed by atoms with E-state index in [9.17, 15) is 33.2 Å². The number of anilines is 2. The molecule has 11 heteroatoms. The van der Waals surface area contributed by atoms with Crippen molar-refractivity contribution in [3.63, 3.8) is 0 Å². The van der Waals surface area contributed by atoms with Gasteiger partial charge in [-0.2, -0.15) is 0 Å². The molecule has 0 aromatic heterocycles. The van der Waals surface area contributed by atoms with Crippen molar-refractivity contribution in [3.8, 4) is 0 Å². The van der Waals surface area contributed by atoms with Crippen molar-refractivity contribution < 1.29 is 28.0 Å². The van der Waals surface area contributed by atoms with E-state index in [-0.39, 0.29) is 33.1 Å². The number of nitrogens with zero attached hydrogens (tertiary/aromatic N) is 1. The molecule has 0 fully saturated rings. The molecule has 0 aliphatic carbocycles. The van der Waals surface area contributed by atoms with Gasteiger partial charge in [0.25, 0.3) is 21.6 Å². The fraction of sp³-hybridized carbons (Fsp3) is 0. The van der Waals surface area contributed by atoms with Crippen molar-refractivity contribution in [1.29, 1.82) is 0 Å². The van der Waals surface area contributed by atoms with E-state index >= 15 is 0 Å². The summed E-state index contributed by atoms with van der Waals surface area (Å²) in [4.78, 5) is 33.4. The number of nitro benzene ring substituents is 1. The largest absolute Gasteiger partial charge is 0.545 e. The topological polar surface area (TPSA) is 159 Å².